The summed E-state index contributed by atoms with van der Waals surface area (Å²) in [6.45, 7) is 7.57. The molecule has 2 atom stereocenters. The van der Waals surface area contributed by atoms with E-state index < -0.39 is 6.10 Å². The quantitative estimate of drug-likeness (QED) is 0.419. The van der Waals surface area contributed by atoms with E-state index in [1.54, 1.807) is 6.26 Å². The number of nitrogens with one attached hydrogen (secondary N) is 2. The van der Waals surface area contributed by atoms with E-state index in [-0.39, 0.29) is 12.1 Å². The first-order valence-electron chi connectivity index (χ1n) is 10.1. The van der Waals surface area contributed by atoms with Crippen LogP contribution in [0, 0.1) is 0 Å². The molecule has 7 heteroatoms. The lowest BCUT2D eigenvalue weighted by Gasteiger charge is -2.21. The fourth-order valence-electron chi connectivity index (χ4n) is 2.89. The largest absolute Gasteiger partial charge is 0.491 e. The number of rotatable bonds is 10. The Bertz CT molecular complexity index is 744. The van der Waals surface area contributed by atoms with Gasteiger partial charge in [0.25, 0.3) is 0 Å². The van der Waals surface area contributed by atoms with Crippen molar-refractivity contribution in [1.82, 2.24) is 15.5 Å². The second-order valence-corrected chi connectivity index (χ2v) is 7.35. The number of benzene rings is 1. The van der Waals surface area contributed by atoms with Gasteiger partial charge < -0.3 is 24.9 Å². The van der Waals surface area contributed by atoms with Crippen LogP contribution in [0.2, 0.25) is 0 Å². The number of nitrogens with zero attached hydrogens (tertiary/aromatic N) is 2. The Hall–Kier alpha value is -2.51. The van der Waals surface area contributed by atoms with Crippen molar-refractivity contribution in [1.29, 1.82) is 0 Å². The SMILES string of the molecule is CCNC(=NCC(c1ccco1)N(C)C)NCC(O)c1cccc(OC(C)C)c1. The molecule has 0 aliphatic rings. The van der Waals surface area contributed by atoms with Gasteiger partial charge in [0, 0.05) is 13.1 Å². The first kappa shape index (κ1) is 22.8. The molecule has 160 valence electrons. The van der Waals surface area contributed by atoms with Crippen molar-refractivity contribution < 1.29 is 14.3 Å². The molecular formula is C22H34N4O3. The second kappa shape index (κ2) is 11.5. The van der Waals surface area contributed by atoms with Crippen molar-refractivity contribution in [3.63, 3.8) is 0 Å². The minimum absolute atomic E-state index is 0.0373. The van der Waals surface area contributed by atoms with Gasteiger partial charge in [-0.1, -0.05) is 12.1 Å². The van der Waals surface area contributed by atoms with Crippen molar-refractivity contribution in [3.05, 3.63) is 54.0 Å². The van der Waals surface area contributed by atoms with E-state index >= 15 is 0 Å². The highest BCUT2D eigenvalue weighted by Crippen LogP contribution is 2.20. The first-order chi connectivity index (χ1) is 13.9. The molecule has 1 aromatic heterocycles. The number of aliphatic imine (C=N–C) groups is 1. The highest BCUT2D eigenvalue weighted by molar-refractivity contribution is 5.79. The molecule has 0 spiro atoms. The summed E-state index contributed by atoms with van der Waals surface area (Å²) in [6.07, 6.45) is 1.09. The third-order valence-corrected chi connectivity index (χ3v) is 4.34. The molecular weight excluding hydrogens is 368 g/mol. The number of hydrogen-bond donors (Lipinski definition) is 3. The van der Waals surface area contributed by atoms with Crippen LogP contribution in [0.1, 0.15) is 44.2 Å². The normalized spacial score (nSPS) is 14.1. The number of likely N-dealkylation sites (N-methyl/N-ethyl adjacent to an activating group) is 1. The Kier molecular flexibility index (Phi) is 9.02. The maximum Gasteiger partial charge on any atom is 0.191 e. The van der Waals surface area contributed by atoms with Crippen molar-refractivity contribution >= 4 is 5.96 Å². The highest BCUT2D eigenvalue weighted by Gasteiger charge is 2.17. The third-order valence-electron chi connectivity index (χ3n) is 4.34. The predicted molar refractivity (Wildman–Crippen MR) is 116 cm³/mol. The minimum atomic E-state index is -0.677. The Balaban J connectivity index is 2.00. The monoisotopic (exact) mass is 402 g/mol. The van der Waals surface area contributed by atoms with Crippen LogP contribution in [0.15, 0.2) is 52.1 Å². The van der Waals surface area contributed by atoms with Crippen LogP contribution in [0.3, 0.4) is 0 Å². The molecule has 0 aliphatic carbocycles. The average molecular weight is 403 g/mol. The van der Waals surface area contributed by atoms with Gasteiger partial charge in [-0.05, 0) is 64.7 Å². The highest BCUT2D eigenvalue weighted by atomic mass is 16.5. The summed E-state index contributed by atoms with van der Waals surface area (Å²) >= 11 is 0. The molecule has 0 fully saturated rings. The van der Waals surface area contributed by atoms with Gasteiger partial charge in [-0.15, -0.1) is 0 Å². The molecule has 7 nitrogen and oxygen atoms in total. The Morgan fingerprint density at radius 2 is 2.00 bits per heavy atom. The minimum Gasteiger partial charge on any atom is -0.491 e. The lowest BCUT2D eigenvalue weighted by atomic mass is 10.1. The summed E-state index contributed by atoms with van der Waals surface area (Å²) in [5.74, 6) is 2.28. The Labute approximate surface area is 173 Å². The molecule has 0 aliphatic heterocycles. The number of aliphatic hydroxyl groups excluding tert-OH is 1. The first-order valence-corrected chi connectivity index (χ1v) is 10.1. The van der Waals surface area contributed by atoms with E-state index in [2.05, 4.69) is 20.5 Å². The predicted octanol–water partition coefficient (Wildman–Crippen LogP) is 2.96. The third kappa shape index (κ3) is 7.44. The van der Waals surface area contributed by atoms with Crippen LogP contribution in [0.4, 0.5) is 0 Å². The zero-order valence-electron chi connectivity index (χ0n) is 18.1. The van der Waals surface area contributed by atoms with E-state index in [1.807, 2.05) is 71.3 Å². The van der Waals surface area contributed by atoms with Crippen molar-refractivity contribution in [2.45, 2.75) is 39.0 Å². The summed E-state index contributed by atoms with van der Waals surface area (Å²) < 4.78 is 11.3. The number of furan rings is 1. The number of guanidine groups is 1. The molecule has 0 radical (unpaired) electrons. The fraction of sp³-hybridized carbons (Fsp3) is 0.500. The zero-order chi connectivity index (χ0) is 21.2. The lowest BCUT2D eigenvalue weighted by Crippen LogP contribution is -2.40. The van der Waals surface area contributed by atoms with Gasteiger partial charge >= 0.3 is 0 Å². The van der Waals surface area contributed by atoms with E-state index in [0.717, 1.165) is 23.6 Å². The van der Waals surface area contributed by atoms with Gasteiger partial charge in [0.05, 0.1) is 31.1 Å². The topological polar surface area (TPSA) is 82.3 Å². The van der Waals surface area contributed by atoms with E-state index in [9.17, 15) is 5.11 Å². The molecule has 1 heterocycles. The standard InChI is InChI=1S/C22H34N4O3/c1-6-23-22(24-14-19(26(4)5)21-11-8-12-28-21)25-15-20(27)17-9-7-10-18(13-17)29-16(2)3/h7-13,16,19-20,27H,6,14-15H2,1-5H3,(H2,23,24,25). The molecule has 0 saturated carbocycles. The van der Waals surface area contributed by atoms with Gasteiger partial charge in [-0.2, -0.15) is 0 Å². The summed E-state index contributed by atoms with van der Waals surface area (Å²) in [6, 6.07) is 11.4. The van der Waals surface area contributed by atoms with Gasteiger partial charge in [0.1, 0.15) is 11.5 Å². The van der Waals surface area contributed by atoms with Gasteiger partial charge in [-0.3, -0.25) is 9.89 Å². The number of ether oxygens (including phenoxy) is 1. The molecule has 2 aromatic rings. The summed E-state index contributed by atoms with van der Waals surface area (Å²) in [7, 11) is 4.00. The maximum absolute atomic E-state index is 10.6. The van der Waals surface area contributed by atoms with Crippen LogP contribution >= 0.6 is 0 Å². The smallest absolute Gasteiger partial charge is 0.191 e. The fourth-order valence-corrected chi connectivity index (χ4v) is 2.89. The van der Waals surface area contributed by atoms with E-state index in [4.69, 9.17) is 9.15 Å². The van der Waals surface area contributed by atoms with E-state index in [1.165, 1.54) is 0 Å². The molecule has 0 bridgehead atoms. The van der Waals surface area contributed by atoms with Gasteiger partial charge in [0.2, 0.25) is 0 Å². The number of aliphatic hydroxyl groups is 1. The summed E-state index contributed by atoms with van der Waals surface area (Å²) in [5, 5.41) is 17.0. The number of hydrogen-bond acceptors (Lipinski definition) is 5. The zero-order valence-corrected chi connectivity index (χ0v) is 18.1. The lowest BCUT2D eigenvalue weighted by molar-refractivity contribution is 0.179. The van der Waals surface area contributed by atoms with Crippen LogP contribution < -0.4 is 15.4 Å². The molecule has 0 amide bonds. The molecule has 2 unspecified atom stereocenters. The van der Waals surface area contributed by atoms with Crippen LogP contribution in [0.5, 0.6) is 5.75 Å². The average Bonchev–Trinajstić information content (AvgIpc) is 3.19. The summed E-state index contributed by atoms with van der Waals surface area (Å²) in [5.41, 5.74) is 0.799. The maximum atomic E-state index is 10.6. The van der Waals surface area contributed by atoms with Crippen LogP contribution in [0.25, 0.3) is 0 Å². The van der Waals surface area contributed by atoms with Gasteiger partial charge in [-0.25, -0.2) is 0 Å². The molecule has 0 saturated heterocycles. The Morgan fingerprint density at radius 3 is 2.62 bits per heavy atom. The molecule has 3 N–H and O–H groups in total. The van der Waals surface area contributed by atoms with Gasteiger partial charge in [0.15, 0.2) is 5.96 Å². The summed E-state index contributed by atoms with van der Waals surface area (Å²) in [4.78, 5) is 6.74. The molecule has 29 heavy (non-hydrogen) atoms. The van der Waals surface area contributed by atoms with Crippen molar-refractivity contribution in [3.8, 4) is 5.75 Å². The second-order valence-electron chi connectivity index (χ2n) is 7.35. The molecule has 2 rings (SSSR count). The van der Waals surface area contributed by atoms with Crippen molar-refractivity contribution in [2.24, 2.45) is 4.99 Å². The van der Waals surface area contributed by atoms with Crippen molar-refractivity contribution in [2.75, 3.05) is 33.7 Å². The van der Waals surface area contributed by atoms with Crippen LogP contribution in [-0.2, 0) is 0 Å². The van der Waals surface area contributed by atoms with E-state index in [0.29, 0.717) is 19.0 Å². The Morgan fingerprint density at radius 1 is 1.21 bits per heavy atom. The van der Waals surface area contributed by atoms with Crippen LogP contribution in [-0.4, -0.2) is 55.8 Å². The molecule has 1 aromatic carbocycles.